The summed E-state index contributed by atoms with van der Waals surface area (Å²) < 4.78 is 6.58. The molecule has 0 amide bonds. The van der Waals surface area contributed by atoms with E-state index in [1.807, 2.05) is 6.07 Å². The Bertz CT molecular complexity index is 4060. The molecule has 2 nitrogen and oxygen atoms in total. The minimum absolute atomic E-state index is 0.883. The van der Waals surface area contributed by atoms with Gasteiger partial charge in [-0.3, -0.25) is 0 Å². The van der Waals surface area contributed by atoms with Crippen LogP contribution in [0.4, 0.5) is 17.1 Å². The van der Waals surface area contributed by atoms with Crippen molar-refractivity contribution in [3.63, 3.8) is 0 Å². The third kappa shape index (κ3) is 7.92. The largest absolute Gasteiger partial charge is 0.455 e. The zero-order valence-electron chi connectivity index (χ0n) is 39.5. The molecule has 1 aromatic heterocycles. The van der Waals surface area contributed by atoms with E-state index in [-0.39, 0.29) is 0 Å². The van der Waals surface area contributed by atoms with Crippen molar-refractivity contribution in [1.82, 2.24) is 0 Å². The molecule has 0 aliphatic heterocycles. The van der Waals surface area contributed by atoms with Crippen LogP contribution in [0.5, 0.6) is 0 Å². The van der Waals surface area contributed by atoms with E-state index in [2.05, 4.69) is 284 Å². The topological polar surface area (TPSA) is 16.4 Å². The van der Waals surface area contributed by atoms with E-state index in [1.54, 1.807) is 0 Å². The fourth-order valence-electron chi connectivity index (χ4n) is 10.6. The number of furan rings is 1. The Morgan fingerprint density at radius 3 is 1.35 bits per heavy atom. The maximum Gasteiger partial charge on any atom is 0.143 e. The molecule has 0 radical (unpaired) electrons. The summed E-state index contributed by atoms with van der Waals surface area (Å²) in [7, 11) is 0. The SMILES string of the molecule is c1ccc(-c2ccccc2-c2ccccc2-c2ccc(N(c3ccc(-c4ccc(-c5cccc(-c6oc7ccccc7c6-c6ccccc6)c5)cc4)cc3)c3ccc4c(ccc5ccccc54)c3)cc2)cc1. The van der Waals surface area contributed by atoms with Crippen LogP contribution in [0.2, 0.25) is 0 Å². The summed E-state index contributed by atoms with van der Waals surface area (Å²) in [5.41, 5.74) is 19.3. The third-order valence-electron chi connectivity index (χ3n) is 14.1. The van der Waals surface area contributed by atoms with Crippen LogP contribution in [-0.4, -0.2) is 0 Å². The quantitative estimate of drug-likeness (QED) is 0.127. The number of nitrogens with zero attached hydrogens (tertiary/aromatic N) is 1. The molecule has 0 spiro atoms. The Morgan fingerprint density at radius 2 is 0.681 bits per heavy atom. The minimum atomic E-state index is 0.883. The van der Waals surface area contributed by atoms with Crippen molar-refractivity contribution in [1.29, 1.82) is 0 Å². The average Bonchev–Trinajstić information content (AvgIpc) is 3.86. The molecule has 0 saturated heterocycles. The van der Waals surface area contributed by atoms with Gasteiger partial charge in [0.2, 0.25) is 0 Å². The lowest BCUT2D eigenvalue weighted by Crippen LogP contribution is -2.09. The Morgan fingerprint density at radius 1 is 0.236 bits per heavy atom. The van der Waals surface area contributed by atoms with Crippen molar-refractivity contribution < 1.29 is 4.42 Å². The van der Waals surface area contributed by atoms with Gasteiger partial charge in [0.15, 0.2) is 0 Å². The van der Waals surface area contributed by atoms with Crippen LogP contribution in [0, 0.1) is 0 Å². The maximum atomic E-state index is 6.58. The molecule has 72 heavy (non-hydrogen) atoms. The van der Waals surface area contributed by atoms with Gasteiger partial charge >= 0.3 is 0 Å². The lowest BCUT2D eigenvalue weighted by molar-refractivity contribution is 0.632. The number of anilines is 3. The first-order valence-electron chi connectivity index (χ1n) is 24.6. The Balaban J connectivity index is 0.835. The van der Waals surface area contributed by atoms with Gasteiger partial charge in [0, 0.05) is 33.6 Å². The second kappa shape index (κ2) is 18.4. The van der Waals surface area contributed by atoms with Gasteiger partial charge in [0.1, 0.15) is 11.3 Å². The van der Waals surface area contributed by atoms with E-state index in [4.69, 9.17) is 4.42 Å². The predicted molar refractivity (Wildman–Crippen MR) is 304 cm³/mol. The summed E-state index contributed by atoms with van der Waals surface area (Å²) in [5.74, 6) is 0.883. The zero-order valence-corrected chi connectivity index (χ0v) is 39.5. The van der Waals surface area contributed by atoms with Gasteiger partial charge in [-0.05, 0) is 131 Å². The maximum absolute atomic E-state index is 6.58. The molecule has 2 heteroatoms. The molecule has 1 heterocycles. The van der Waals surface area contributed by atoms with Crippen LogP contribution in [0.25, 0.3) is 111 Å². The fourth-order valence-corrected chi connectivity index (χ4v) is 10.6. The third-order valence-corrected chi connectivity index (χ3v) is 14.1. The molecule has 0 aliphatic carbocycles. The van der Waals surface area contributed by atoms with Crippen LogP contribution in [0.15, 0.2) is 290 Å². The molecule has 0 N–H and O–H groups in total. The van der Waals surface area contributed by atoms with Crippen molar-refractivity contribution in [2.75, 3.05) is 4.90 Å². The summed E-state index contributed by atoms with van der Waals surface area (Å²) in [4.78, 5) is 2.38. The summed E-state index contributed by atoms with van der Waals surface area (Å²) >= 11 is 0. The van der Waals surface area contributed by atoms with E-state index in [0.29, 0.717) is 0 Å². The van der Waals surface area contributed by atoms with E-state index < -0.39 is 0 Å². The first-order valence-corrected chi connectivity index (χ1v) is 24.6. The number of fused-ring (bicyclic) bond motifs is 4. The molecule has 0 atom stereocenters. The van der Waals surface area contributed by atoms with Crippen LogP contribution in [0.1, 0.15) is 0 Å². The normalized spacial score (nSPS) is 11.3. The highest BCUT2D eigenvalue weighted by atomic mass is 16.3. The monoisotopic (exact) mass is 917 g/mol. The second-order valence-corrected chi connectivity index (χ2v) is 18.4. The molecule has 0 aliphatic rings. The summed E-state index contributed by atoms with van der Waals surface area (Å²) in [6.45, 7) is 0. The second-order valence-electron chi connectivity index (χ2n) is 18.4. The summed E-state index contributed by atoms with van der Waals surface area (Å²) in [5, 5.41) is 6.07. The number of benzene rings is 12. The van der Waals surface area contributed by atoms with E-state index in [1.165, 1.54) is 54.9 Å². The Hall–Kier alpha value is -9.50. The number of rotatable bonds is 10. The molecule has 0 bridgehead atoms. The number of hydrogen-bond acceptors (Lipinski definition) is 2. The van der Waals surface area contributed by atoms with Crippen molar-refractivity contribution in [2.24, 2.45) is 0 Å². The van der Waals surface area contributed by atoms with Crippen LogP contribution < -0.4 is 4.90 Å². The highest BCUT2D eigenvalue weighted by molar-refractivity contribution is 6.09. The van der Waals surface area contributed by atoms with Gasteiger partial charge in [-0.2, -0.15) is 0 Å². The minimum Gasteiger partial charge on any atom is -0.455 e. The highest BCUT2D eigenvalue weighted by Gasteiger charge is 2.20. The number of hydrogen-bond donors (Lipinski definition) is 0. The van der Waals surface area contributed by atoms with Gasteiger partial charge in [-0.25, -0.2) is 0 Å². The van der Waals surface area contributed by atoms with Crippen molar-refractivity contribution in [2.45, 2.75) is 0 Å². The van der Waals surface area contributed by atoms with Gasteiger partial charge < -0.3 is 9.32 Å². The van der Waals surface area contributed by atoms with E-state index in [9.17, 15) is 0 Å². The lowest BCUT2D eigenvalue weighted by Gasteiger charge is -2.26. The van der Waals surface area contributed by atoms with E-state index >= 15 is 0 Å². The van der Waals surface area contributed by atoms with E-state index in [0.717, 1.165) is 72.7 Å². The van der Waals surface area contributed by atoms with Crippen LogP contribution in [0.3, 0.4) is 0 Å². The van der Waals surface area contributed by atoms with Gasteiger partial charge in [-0.1, -0.05) is 237 Å². The highest BCUT2D eigenvalue weighted by Crippen LogP contribution is 2.44. The van der Waals surface area contributed by atoms with Crippen molar-refractivity contribution in [3.05, 3.63) is 285 Å². The van der Waals surface area contributed by atoms with Gasteiger partial charge in [0.25, 0.3) is 0 Å². The van der Waals surface area contributed by atoms with Crippen molar-refractivity contribution >= 4 is 49.6 Å². The molecular weight excluding hydrogens is 871 g/mol. The van der Waals surface area contributed by atoms with Crippen LogP contribution >= 0.6 is 0 Å². The Kier molecular flexibility index (Phi) is 10.9. The first kappa shape index (κ1) is 42.6. The summed E-state index contributed by atoms with van der Waals surface area (Å²) in [6, 6.07) is 103. The molecule has 338 valence electrons. The molecule has 13 aromatic rings. The predicted octanol–water partition coefficient (Wildman–Crippen LogP) is 19.9. The van der Waals surface area contributed by atoms with Crippen molar-refractivity contribution in [3.8, 4) is 78.1 Å². The Labute approximate surface area is 420 Å². The average molecular weight is 918 g/mol. The van der Waals surface area contributed by atoms with Gasteiger partial charge in [0.05, 0.1) is 0 Å². The standard InChI is InChI=1S/C70H47NO/c1-3-16-51(17-4-1)62-24-9-11-26-65(62)66-27-12-10-25-63(66)53-38-42-59(43-39-53)71(60-44-45-64-56(47-60)35-34-52-18-7-8-23-61(52)64)58-40-36-49(37-41-58)48-30-32-50(33-31-48)55-21-15-22-57(46-55)70-69(54-19-5-2-6-20-54)67-28-13-14-29-68(67)72-70/h1-47H. The van der Waals surface area contributed by atoms with Crippen LogP contribution in [-0.2, 0) is 0 Å². The fraction of sp³-hybridized carbons (Fsp3) is 0. The lowest BCUT2D eigenvalue weighted by atomic mass is 9.89. The molecule has 13 rings (SSSR count). The molecule has 12 aromatic carbocycles. The molecular formula is C70H47NO. The zero-order chi connectivity index (χ0) is 47.8. The smallest absolute Gasteiger partial charge is 0.143 e. The number of para-hydroxylation sites is 1. The molecule has 0 unspecified atom stereocenters. The molecule has 0 fully saturated rings. The first-order chi connectivity index (χ1) is 35.7. The summed E-state index contributed by atoms with van der Waals surface area (Å²) in [6.07, 6.45) is 0. The van der Waals surface area contributed by atoms with Gasteiger partial charge in [-0.15, -0.1) is 0 Å². The molecule has 0 saturated carbocycles.